The van der Waals surface area contributed by atoms with Gasteiger partial charge in [0.25, 0.3) is 10.2 Å². The van der Waals surface area contributed by atoms with Crippen LogP contribution in [-0.4, -0.2) is 21.5 Å². The molecule has 0 fully saturated rings. The highest BCUT2D eigenvalue weighted by Crippen LogP contribution is 1.77. The summed E-state index contributed by atoms with van der Waals surface area (Å²) >= 11 is 0. The predicted octanol–water partition coefficient (Wildman–Crippen LogP) is -0.656. The number of nitrogens with zero attached hydrogens (tertiary/aromatic N) is 1. The summed E-state index contributed by atoms with van der Waals surface area (Å²) < 4.78 is 26.0. The van der Waals surface area contributed by atoms with Crippen LogP contribution in [0.4, 0.5) is 0 Å². The summed E-state index contributed by atoms with van der Waals surface area (Å²) in [5, 5.41) is 8.09. The molecule has 0 saturated heterocycles. The molecule has 64 valence electrons. The van der Waals surface area contributed by atoms with Crippen molar-refractivity contribution in [1.82, 2.24) is 9.44 Å². The molecule has 0 spiro atoms. The number of nitrogens with one attached hydrogen (secondary N) is 2. The number of hydrogen-bond donors (Lipinski definition) is 2. The molecule has 0 aliphatic rings. The number of nitriles is 1. The van der Waals surface area contributed by atoms with Crippen LogP contribution in [0.25, 0.3) is 0 Å². The van der Waals surface area contributed by atoms with E-state index in [1.165, 1.54) is 0 Å². The van der Waals surface area contributed by atoms with E-state index in [9.17, 15) is 8.42 Å². The van der Waals surface area contributed by atoms with E-state index in [1.54, 1.807) is 6.92 Å². The van der Waals surface area contributed by atoms with Crippen molar-refractivity contribution in [2.24, 2.45) is 0 Å². The summed E-state index contributed by atoms with van der Waals surface area (Å²) in [6.45, 7) is 2.19. The van der Waals surface area contributed by atoms with Gasteiger partial charge in [-0.15, -0.1) is 0 Å². The topological polar surface area (TPSA) is 82.0 Å². The van der Waals surface area contributed by atoms with E-state index in [2.05, 4.69) is 9.44 Å². The molecule has 11 heavy (non-hydrogen) atoms. The van der Waals surface area contributed by atoms with Gasteiger partial charge in [0.2, 0.25) is 0 Å². The molecule has 0 heterocycles. The molecule has 0 aliphatic heterocycles. The van der Waals surface area contributed by atoms with Gasteiger partial charge in [0.05, 0.1) is 6.07 Å². The van der Waals surface area contributed by atoms with Crippen LogP contribution in [-0.2, 0) is 10.2 Å². The Bertz CT molecular complexity index is 229. The lowest BCUT2D eigenvalue weighted by Gasteiger charge is -2.02. The van der Waals surface area contributed by atoms with Crippen LogP contribution in [0, 0.1) is 11.3 Å². The van der Waals surface area contributed by atoms with Gasteiger partial charge in [0, 0.05) is 19.5 Å². The maximum absolute atomic E-state index is 10.8. The average molecular weight is 177 g/mol. The minimum atomic E-state index is -3.35. The first-order valence-electron chi connectivity index (χ1n) is 3.23. The molecule has 0 radical (unpaired) electrons. The van der Waals surface area contributed by atoms with Crippen LogP contribution < -0.4 is 9.44 Å². The molecule has 2 N–H and O–H groups in total. The van der Waals surface area contributed by atoms with Crippen molar-refractivity contribution in [1.29, 1.82) is 5.26 Å². The Morgan fingerprint density at radius 3 is 2.55 bits per heavy atom. The molecule has 0 aromatic carbocycles. The highest BCUT2D eigenvalue weighted by Gasteiger charge is 2.04. The van der Waals surface area contributed by atoms with Gasteiger partial charge < -0.3 is 0 Å². The molecular formula is C5H11N3O2S. The molecule has 0 bridgehead atoms. The summed E-state index contributed by atoms with van der Waals surface area (Å²) in [4.78, 5) is 0. The van der Waals surface area contributed by atoms with Crippen molar-refractivity contribution in [3.63, 3.8) is 0 Å². The van der Waals surface area contributed by atoms with E-state index in [1.807, 2.05) is 6.07 Å². The predicted molar refractivity (Wildman–Crippen MR) is 40.8 cm³/mol. The lowest BCUT2D eigenvalue weighted by molar-refractivity contribution is 0.569. The van der Waals surface area contributed by atoms with Gasteiger partial charge in [0.1, 0.15) is 0 Å². The molecule has 0 aromatic rings. The maximum Gasteiger partial charge on any atom is 0.276 e. The van der Waals surface area contributed by atoms with Crippen molar-refractivity contribution in [3.8, 4) is 6.07 Å². The molecule has 6 heteroatoms. The Hall–Kier alpha value is -0.640. The molecule has 0 unspecified atom stereocenters. The van der Waals surface area contributed by atoms with E-state index in [0.717, 1.165) is 0 Å². The van der Waals surface area contributed by atoms with Crippen LogP contribution in [0.2, 0.25) is 0 Å². The third kappa shape index (κ3) is 5.79. The van der Waals surface area contributed by atoms with E-state index in [4.69, 9.17) is 5.26 Å². The fraction of sp³-hybridized carbons (Fsp3) is 0.800. The van der Waals surface area contributed by atoms with Crippen molar-refractivity contribution >= 4 is 10.2 Å². The molecule has 0 rings (SSSR count). The highest BCUT2D eigenvalue weighted by atomic mass is 32.2. The molecule has 0 aromatic heterocycles. The van der Waals surface area contributed by atoms with Gasteiger partial charge in [-0.2, -0.15) is 13.7 Å². The third-order valence-corrected chi connectivity index (χ3v) is 2.12. The first kappa shape index (κ1) is 10.4. The molecule has 5 nitrogen and oxygen atoms in total. The quantitative estimate of drug-likeness (QED) is 0.547. The van der Waals surface area contributed by atoms with Crippen LogP contribution >= 0.6 is 0 Å². The fourth-order valence-electron chi connectivity index (χ4n) is 0.482. The third-order valence-electron chi connectivity index (χ3n) is 0.863. The van der Waals surface area contributed by atoms with E-state index >= 15 is 0 Å². The lowest BCUT2D eigenvalue weighted by atomic mass is 10.5. The van der Waals surface area contributed by atoms with Crippen LogP contribution in [0.15, 0.2) is 0 Å². The Labute approximate surface area is 66.6 Å². The normalized spacial score (nSPS) is 10.9. The SMILES string of the molecule is CCNS(=O)(=O)NCCC#N. The zero-order valence-electron chi connectivity index (χ0n) is 6.29. The lowest BCUT2D eigenvalue weighted by Crippen LogP contribution is -2.36. The van der Waals surface area contributed by atoms with Crippen molar-refractivity contribution in [2.75, 3.05) is 13.1 Å². The van der Waals surface area contributed by atoms with Gasteiger partial charge >= 0.3 is 0 Å². The second-order valence-electron chi connectivity index (χ2n) is 1.80. The van der Waals surface area contributed by atoms with Crippen LogP contribution in [0.5, 0.6) is 0 Å². The van der Waals surface area contributed by atoms with Crippen molar-refractivity contribution in [2.45, 2.75) is 13.3 Å². The largest absolute Gasteiger partial charge is 0.276 e. The van der Waals surface area contributed by atoms with E-state index < -0.39 is 10.2 Å². The van der Waals surface area contributed by atoms with Gasteiger partial charge in [-0.05, 0) is 0 Å². The fourth-order valence-corrected chi connectivity index (χ4v) is 1.34. The Balaban J connectivity index is 3.67. The van der Waals surface area contributed by atoms with Crippen LogP contribution in [0.3, 0.4) is 0 Å². The van der Waals surface area contributed by atoms with E-state index in [-0.39, 0.29) is 13.0 Å². The van der Waals surface area contributed by atoms with Gasteiger partial charge in [-0.3, -0.25) is 0 Å². The minimum Gasteiger partial charge on any atom is -0.203 e. The molecule has 0 aliphatic carbocycles. The first-order chi connectivity index (χ1) is 5.12. The number of rotatable bonds is 5. The summed E-state index contributed by atoms with van der Waals surface area (Å²) in [7, 11) is -3.35. The zero-order chi connectivity index (χ0) is 8.74. The smallest absolute Gasteiger partial charge is 0.203 e. The standard InChI is InChI=1S/C5H11N3O2S/c1-2-7-11(9,10)8-5-3-4-6/h7-8H,2-3,5H2,1H3. The molecule has 0 atom stereocenters. The van der Waals surface area contributed by atoms with Gasteiger partial charge in [-0.1, -0.05) is 6.92 Å². The summed E-state index contributed by atoms with van der Waals surface area (Å²) in [5.74, 6) is 0. The van der Waals surface area contributed by atoms with Gasteiger partial charge in [0.15, 0.2) is 0 Å². The van der Waals surface area contributed by atoms with Crippen LogP contribution in [0.1, 0.15) is 13.3 Å². The summed E-state index contributed by atoms with van der Waals surface area (Å²) in [5.41, 5.74) is 0. The van der Waals surface area contributed by atoms with E-state index in [0.29, 0.717) is 6.54 Å². The molecular weight excluding hydrogens is 166 g/mol. The molecule has 0 saturated carbocycles. The Kier molecular flexibility index (Phi) is 4.77. The average Bonchev–Trinajstić information content (AvgIpc) is 1.87. The maximum atomic E-state index is 10.8. The van der Waals surface area contributed by atoms with Gasteiger partial charge in [-0.25, -0.2) is 9.44 Å². The zero-order valence-corrected chi connectivity index (χ0v) is 7.11. The Morgan fingerprint density at radius 2 is 2.09 bits per heavy atom. The molecule has 0 amide bonds. The minimum absolute atomic E-state index is 0.159. The number of hydrogen-bond acceptors (Lipinski definition) is 3. The summed E-state index contributed by atoms with van der Waals surface area (Å²) in [6.07, 6.45) is 0.185. The highest BCUT2D eigenvalue weighted by molar-refractivity contribution is 7.87. The second kappa shape index (κ2) is 5.07. The van der Waals surface area contributed by atoms with Crippen molar-refractivity contribution < 1.29 is 8.42 Å². The second-order valence-corrected chi connectivity index (χ2v) is 3.39. The Morgan fingerprint density at radius 1 is 1.45 bits per heavy atom. The first-order valence-corrected chi connectivity index (χ1v) is 4.72. The van der Waals surface area contributed by atoms with Crippen molar-refractivity contribution in [3.05, 3.63) is 0 Å². The monoisotopic (exact) mass is 177 g/mol. The summed E-state index contributed by atoms with van der Waals surface area (Å²) in [6, 6.07) is 1.83.